The minimum atomic E-state index is 0.261. The summed E-state index contributed by atoms with van der Waals surface area (Å²) in [6, 6.07) is 0.307. The Balaban J connectivity index is 2.29. The van der Waals surface area contributed by atoms with Crippen molar-refractivity contribution in [2.45, 2.75) is 64.5 Å². The van der Waals surface area contributed by atoms with Gasteiger partial charge in [-0.25, -0.2) is 0 Å². The maximum Gasteiger partial charge on any atom is 0.0868 e. The van der Waals surface area contributed by atoms with E-state index in [-0.39, 0.29) is 6.10 Å². The molecule has 0 bridgehead atoms. The average molecular weight is 257 g/mol. The number of unbranched alkanes of at least 4 members (excludes halogenated alkanes) is 3. The molecule has 1 aliphatic heterocycles. The van der Waals surface area contributed by atoms with E-state index in [1.165, 1.54) is 38.6 Å². The number of nitrogens with zero attached hydrogens (tertiary/aromatic N) is 1. The molecule has 0 amide bonds. The van der Waals surface area contributed by atoms with Crippen molar-refractivity contribution < 1.29 is 4.74 Å². The molecule has 108 valence electrons. The predicted octanol–water partition coefficient (Wildman–Crippen LogP) is 1.90. The van der Waals surface area contributed by atoms with Gasteiger partial charge in [0.25, 0.3) is 0 Å². The Labute approximate surface area is 112 Å². The fourth-order valence-corrected chi connectivity index (χ4v) is 2.66. The Morgan fingerprint density at radius 2 is 2.11 bits per heavy atom. The molecule has 1 rings (SSSR count). The van der Waals surface area contributed by atoms with Crippen LogP contribution in [0.25, 0.3) is 0 Å². The van der Waals surface area contributed by atoms with Crippen LogP contribution in [0.3, 0.4) is 0 Å². The summed E-state index contributed by atoms with van der Waals surface area (Å²) >= 11 is 0. The van der Waals surface area contributed by atoms with Crippen LogP contribution < -0.4 is 11.3 Å². The van der Waals surface area contributed by atoms with Crippen LogP contribution in [0.15, 0.2) is 0 Å². The van der Waals surface area contributed by atoms with Gasteiger partial charge in [0.2, 0.25) is 0 Å². The zero-order chi connectivity index (χ0) is 13.2. The van der Waals surface area contributed by atoms with Gasteiger partial charge in [-0.3, -0.25) is 16.2 Å². The van der Waals surface area contributed by atoms with Crippen LogP contribution in [0.4, 0.5) is 0 Å². The van der Waals surface area contributed by atoms with Gasteiger partial charge in [-0.15, -0.1) is 0 Å². The molecule has 0 saturated carbocycles. The van der Waals surface area contributed by atoms with E-state index in [0.29, 0.717) is 6.04 Å². The molecule has 1 saturated heterocycles. The van der Waals surface area contributed by atoms with Crippen molar-refractivity contribution in [1.82, 2.24) is 10.3 Å². The topological polar surface area (TPSA) is 50.5 Å². The van der Waals surface area contributed by atoms with Crippen molar-refractivity contribution in [2.75, 3.05) is 26.2 Å². The van der Waals surface area contributed by atoms with Gasteiger partial charge < -0.3 is 4.74 Å². The summed E-state index contributed by atoms with van der Waals surface area (Å²) in [5, 5.41) is 0. The van der Waals surface area contributed by atoms with Gasteiger partial charge in [-0.1, -0.05) is 39.5 Å². The summed E-state index contributed by atoms with van der Waals surface area (Å²) in [4.78, 5) is 2.49. The quantitative estimate of drug-likeness (QED) is 0.376. The third-order valence-corrected chi connectivity index (χ3v) is 3.75. The highest BCUT2D eigenvalue weighted by Crippen LogP contribution is 2.14. The molecule has 3 N–H and O–H groups in total. The van der Waals surface area contributed by atoms with E-state index < -0.39 is 0 Å². The molecule has 1 aliphatic rings. The van der Waals surface area contributed by atoms with Crippen LogP contribution >= 0.6 is 0 Å². The fraction of sp³-hybridized carbons (Fsp3) is 1.00. The van der Waals surface area contributed by atoms with Crippen molar-refractivity contribution in [3.8, 4) is 0 Å². The lowest BCUT2D eigenvalue weighted by molar-refractivity contribution is -0.0479. The van der Waals surface area contributed by atoms with Crippen LogP contribution in [0.1, 0.15) is 52.4 Å². The number of hydrogen-bond acceptors (Lipinski definition) is 4. The van der Waals surface area contributed by atoms with Gasteiger partial charge in [-0.05, 0) is 19.4 Å². The first kappa shape index (κ1) is 15.9. The van der Waals surface area contributed by atoms with E-state index in [9.17, 15) is 0 Å². The van der Waals surface area contributed by atoms with Gasteiger partial charge in [0.05, 0.1) is 12.7 Å². The molecule has 18 heavy (non-hydrogen) atoms. The molecule has 0 aromatic carbocycles. The molecule has 0 spiro atoms. The van der Waals surface area contributed by atoms with Crippen molar-refractivity contribution in [3.05, 3.63) is 0 Å². The van der Waals surface area contributed by atoms with Gasteiger partial charge in [0, 0.05) is 19.1 Å². The van der Waals surface area contributed by atoms with Crippen molar-refractivity contribution in [2.24, 2.45) is 5.84 Å². The van der Waals surface area contributed by atoms with E-state index in [4.69, 9.17) is 10.6 Å². The summed E-state index contributed by atoms with van der Waals surface area (Å²) in [5.41, 5.74) is 2.96. The van der Waals surface area contributed by atoms with E-state index in [1.807, 2.05) is 0 Å². The van der Waals surface area contributed by atoms with Crippen LogP contribution in [0, 0.1) is 0 Å². The van der Waals surface area contributed by atoms with E-state index in [0.717, 1.165) is 26.1 Å². The van der Waals surface area contributed by atoms with Crippen LogP contribution in [-0.2, 0) is 4.74 Å². The summed E-state index contributed by atoms with van der Waals surface area (Å²) in [6.45, 7) is 8.58. The molecular formula is C14H31N3O. The predicted molar refractivity (Wildman–Crippen MR) is 76.3 cm³/mol. The minimum Gasteiger partial charge on any atom is -0.374 e. The fourth-order valence-electron chi connectivity index (χ4n) is 2.66. The minimum absolute atomic E-state index is 0.261. The van der Waals surface area contributed by atoms with E-state index in [1.54, 1.807) is 0 Å². The number of ether oxygens (including phenoxy) is 1. The zero-order valence-corrected chi connectivity index (χ0v) is 12.2. The van der Waals surface area contributed by atoms with Crippen LogP contribution in [-0.4, -0.2) is 43.3 Å². The highest BCUT2D eigenvalue weighted by atomic mass is 16.5. The molecule has 0 aromatic rings. The Hall–Kier alpha value is -0.160. The zero-order valence-electron chi connectivity index (χ0n) is 12.2. The molecule has 0 aromatic heterocycles. The third kappa shape index (κ3) is 5.65. The van der Waals surface area contributed by atoms with Gasteiger partial charge >= 0.3 is 0 Å². The first-order chi connectivity index (χ1) is 8.81. The number of nitrogens with two attached hydrogens (primary N) is 1. The normalized spacial score (nSPS) is 23.2. The van der Waals surface area contributed by atoms with Crippen LogP contribution in [0.2, 0.25) is 0 Å². The summed E-state index contributed by atoms with van der Waals surface area (Å²) < 4.78 is 5.88. The Morgan fingerprint density at radius 1 is 1.28 bits per heavy atom. The van der Waals surface area contributed by atoms with Crippen LogP contribution in [0.5, 0.6) is 0 Å². The summed E-state index contributed by atoms with van der Waals surface area (Å²) in [6.07, 6.45) is 7.76. The van der Waals surface area contributed by atoms with E-state index in [2.05, 4.69) is 24.2 Å². The monoisotopic (exact) mass is 257 g/mol. The summed E-state index contributed by atoms with van der Waals surface area (Å²) in [7, 11) is 0. The maximum absolute atomic E-state index is 5.88. The maximum atomic E-state index is 5.88. The Morgan fingerprint density at radius 3 is 2.78 bits per heavy atom. The molecule has 0 aliphatic carbocycles. The van der Waals surface area contributed by atoms with Crippen molar-refractivity contribution in [3.63, 3.8) is 0 Å². The number of hydrogen-bond donors (Lipinski definition) is 2. The lowest BCUT2D eigenvalue weighted by Gasteiger charge is -2.36. The average Bonchev–Trinajstić information content (AvgIpc) is 2.40. The molecule has 4 heteroatoms. The Kier molecular flexibility index (Phi) is 8.59. The first-order valence-electron chi connectivity index (χ1n) is 7.61. The second-order valence-electron chi connectivity index (χ2n) is 5.33. The molecule has 0 radical (unpaired) electrons. The van der Waals surface area contributed by atoms with Crippen molar-refractivity contribution >= 4 is 0 Å². The number of hydrazine groups is 1. The van der Waals surface area contributed by atoms with E-state index >= 15 is 0 Å². The van der Waals surface area contributed by atoms with Crippen molar-refractivity contribution in [1.29, 1.82) is 0 Å². The van der Waals surface area contributed by atoms with Gasteiger partial charge in [0.1, 0.15) is 0 Å². The smallest absolute Gasteiger partial charge is 0.0868 e. The molecule has 4 nitrogen and oxygen atoms in total. The first-order valence-corrected chi connectivity index (χ1v) is 7.61. The summed E-state index contributed by atoms with van der Waals surface area (Å²) in [5.74, 6) is 5.69. The van der Waals surface area contributed by atoms with Gasteiger partial charge in [-0.2, -0.15) is 0 Å². The molecule has 2 unspecified atom stereocenters. The highest BCUT2D eigenvalue weighted by Gasteiger charge is 2.26. The molecule has 1 heterocycles. The molecule has 2 atom stereocenters. The third-order valence-electron chi connectivity index (χ3n) is 3.75. The highest BCUT2D eigenvalue weighted by molar-refractivity contribution is 4.81. The standard InChI is InChI=1S/C14H31N3O/c1-3-5-6-7-8-13(16-15)14-12-17(9-4-2)10-11-18-14/h13-14,16H,3-12,15H2,1-2H3. The lowest BCUT2D eigenvalue weighted by atomic mass is 10.0. The second kappa shape index (κ2) is 9.73. The molecule has 1 fully saturated rings. The van der Waals surface area contributed by atoms with Gasteiger partial charge in [0.15, 0.2) is 0 Å². The second-order valence-corrected chi connectivity index (χ2v) is 5.33. The lowest BCUT2D eigenvalue weighted by Crippen LogP contribution is -2.54. The number of rotatable bonds is 9. The SMILES string of the molecule is CCCCCCC(NN)C1CN(CCC)CCO1. The largest absolute Gasteiger partial charge is 0.374 e. The Bertz CT molecular complexity index is 199. The number of morpholine rings is 1. The number of nitrogens with one attached hydrogen (secondary N) is 1. The molecular weight excluding hydrogens is 226 g/mol.